The van der Waals surface area contributed by atoms with E-state index in [0.29, 0.717) is 28.4 Å². The van der Waals surface area contributed by atoms with Crippen molar-refractivity contribution in [1.29, 1.82) is 0 Å². The predicted molar refractivity (Wildman–Crippen MR) is 109 cm³/mol. The highest BCUT2D eigenvalue weighted by Gasteiger charge is 2.29. The molecule has 0 aliphatic heterocycles. The smallest absolute Gasteiger partial charge is 0.270 e. The molecule has 1 saturated carbocycles. The first-order chi connectivity index (χ1) is 14.2. The van der Waals surface area contributed by atoms with Gasteiger partial charge in [-0.05, 0) is 36.4 Å². The standard InChI is InChI=1S/C20H17N5O3S/c26-16(7-9-25-11-21-14-4-2-1-3-13(14)20(25)27)22-15-8-10-29-17(15)19-23-18(24-28-19)12-5-6-12/h1-4,8,10-12H,5-7,9H2,(H,22,26). The van der Waals surface area contributed by atoms with E-state index in [1.54, 1.807) is 18.2 Å². The van der Waals surface area contributed by atoms with E-state index in [4.69, 9.17) is 4.52 Å². The highest BCUT2D eigenvalue weighted by Crippen LogP contribution is 2.40. The highest BCUT2D eigenvalue weighted by atomic mass is 32.1. The van der Waals surface area contributed by atoms with Crippen molar-refractivity contribution >= 4 is 33.8 Å². The molecule has 9 heteroatoms. The molecule has 4 aromatic rings. The Morgan fingerprint density at radius 2 is 2.14 bits per heavy atom. The van der Waals surface area contributed by atoms with Gasteiger partial charge in [-0.15, -0.1) is 11.3 Å². The van der Waals surface area contributed by atoms with E-state index in [0.717, 1.165) is 23.5 Å². The lowest BCUT2D eigenvalue weighted by Crippen LogP contribution is -2.23. The fourth-order valence-electron chi connectivity index (χ4n) is 3.11. The second kappa shape index (κ2) is 7.25. The van der Waals surface area contributed by atoms with Gasteiger partial charge in [-0.2, -0.15) is 4.98 Å². The Hall–Kier alpha value is -3.33. The van der Waals surface area contributed by atoms with Crippen LogP contribution in [0.2, 0.25) is 0 Å². The van der Waals surface area contributed by atoms with Gasteiger partial charge < -0.3 is 9.84 Å². The van der Waals surface area contributed by atoms with Gasteiger partial charge in [0, 0.05) is 18.9 Å². The molecule has 0 bridgehead atoms. The number of rotatable bonds is 6. The highest BCUT2D eigenvalue weighted by molar-refractivity contribution is 7.14. The summed E-state index contributed by atoms with van der Waals surface area (Å²) in [4.78, 5) is 34.4. The predicted octanol–water partition coefficient (Wildman–Crippen LogP) is 3.41. The van der Waals surface area contributed by atoms with E-state index in [9.17, 15) is 9.59 Å². The molecule has 8 nitrogen and oxygen atoms in total. The van der Waals surface area contributed by atoms with Gasteiger partial charge in [-0.25, -0.2) is 4.98 Å². The molecule has 3 aromatic heterocycles. The van der Waals surface area contributed by atoms with Crippen LogP contribution in [0, 0.1) is 0 Å². The minimum absolute atomic E-state index is 0.145. The van der Waals surface area contributed by atoms with E-state index in [1.807, 2.05) is 17.5 Å². The number of hydrogen-bond acceptors (Lipinski definition) is 7. The van der Waals surface area contributed by atoms with Gasteiger partial charge in [-0.3, -0.25) is 14.2 Å². The largest absolute Gasteiger partial charge is 0.333 e. The van der Waals surface area contributed by atoms with E-state index in [2.05, 4.69) is 20.4 Å². The average molecular weight is 407 g/mol. The zero-order chi connectivity index (χ0) is 19.8. The maximum atomic E-state index is 12.5. The molecule has 1 aromatic carbocycles. The van der Waals surface area contributed by atoms with Crippen molar-refractivity contribution in [3.63, 3.8) is 0 Å². The molecule has 1 aliphatic carbocycles. The van der Waals surface area contributed by atoms with Crippen LogP contribution in [0.4, 0.5) is 5.69 Å². The molecule has 1 N–H and O–H groups in total. The molecular weight excluding hydrogens is 390 g/mol. The fourth-order valence-corrected chi connectivity index (χ4v) is 3.88. The molecule has 1 aliphatic rings. The van der Waals surface area contributed by atoms with Crippen LogP contribution >= 0.6 is 11.3 Å². The van der Waals surface area contributed by atoms with Crippen molar-refractivity contribution in [3.8, 4) is 10.8 Å². The van der Waals surface area contributed by atoms with Crippen molar-refractivity contribution in [3.05, 3.63) is 58.2 Å². The summed E-state index contributed by atoms with van der Waals surface area (Å²) in [6.07, 6.45) is 3.81. The Balaban J connectivity index is 1.28. The molecule has 1 fully saturated rings. The van der Waals surface area contributed by atoms with Gasteiger partial charge in [0.25, 0.3) is 11.4 Å². The van der Waals surface area contributed by atoms with E-state index >= 15 is 0 Å². The van der Waals surface area contributed by atoms with E-state index in [-0.39, 0.29) is 24.4 Å². The number of thiophene rings is 1. The summed E-state index contributed by atoms with van der Waals surface area (Å²) in [6.45, 7) is 0.244. The summed E-state index contributed by atoms with van der Waals surface area (Å²) in [5, 5.41) is 9.31. The number of nitrogens with zero attached hydrogens (tertiary/aromatic N) is 4. The maximum absolute atomic E-state index is 12.5. The van der Waals surface area contributed by atoms with Crippen LogP contribution in [-0.2, 0) is 11.3 Å². The van der Waals surface area contributed by atoms with Gasteiger partial charge in [0.05, 0.1) is 22.9 Å². The summed E-state index contributed by atoms with van der Waals surface area (Å²) in [5.74, 6) is 1.35. The van der Waals surface area contributed by atoms with Crippen molar-refractivity contribution < 1.29 is 9.32 Å². The van der Waals surface area contributed by atoms with Crippen LogP contribution < -0.4 is 10.9 Å². The number of aromatic nitrogens is 4. The first-order valence-electron chi connectivity index (χ1n) is 9.34. The first-order valence-corrected chi connectivity index (χ1v) is 10.2. The summed E-state index contributed by atoms with van der Waals surface area (Å²) in [5.41, 5.74) is 1.12. The molecule has 1 amide bonds. The van der Waals surface area contributed by atoms with Gasteiger partial charge in [0.1, 0.15) is 4.88 Å². The monoisotopic (exact) mass is 407 g/mol. The number of para-hydroxylation sites is 1. The molecule has 0 radical (unpaired) electrons. The van der Waals surface area contributed by atoms with Crippen LogP contribution in [-0.4, -0.2) is 25.6 Å². The number of benzene rings is 1. The van der Waals surface area contributed by atoms with E-state index in [1.165, 1.54) is 22.2 Å². The van der Waals surface area contributed by atoms with Gasteiger partial charge >= 0.3 is 0 Å². The zero-order valence-corrected chi connectivity index (χ0v) is 16.2. The molecule has 5 rings (SSSR count). The quantitative estimate of drug-likeness (QED) is 0.525. The number of fused-ring (bicyclic) bond motifs is 1. The summed E-state index contributed by atoms with van der Waals surface area (Å²) < 4.78 is 6.82. The Bertz CT molecular complexity index is 1250. The van der Waals surface area contributed by atoms with Crippen LogP contribution in [0.5, 0.6) is 0 Å². The topological polar surface area (TPSA) is 103 Å². The second-order valence-electron chi connectivity index (χ2n) is 6.95. The second-order valence-corrected chi connectivity index (χ2v) is 7.87. The molecule has 0 atom stereocenters. The minimum Gasteiger partial charge on any atom is -0.333 e. The van der Waals surface area contributed by atoms with Crippen LogP contribution in [0.1, 0.15) is 31.0 Å². The third-order valence-electron chi connectivity index (χ3n) is 4.83. The van der Waals surface area contributed by atoms with Crippen molar-refractivity contribution in [2.45, 2.75) is 31.7 Å². The SMILES string of the molecule is O=C(CCn1cnc2ccccc2c1=O)Nc1ccsc1-c1nc(C2CC2)no1. The third kappa shape index (κ3) is 3.56. The average Bonchev–Trinajstić information content (AvgIpc) is 3.29. The Labute approximate surface area is 169 Å². The van der Waals surface area contributed by atoms with Crippen molar-refractivity contribution in [2.75, 3.05) is 5.32 Å². The molecule has 3 heterocycles. The molecule has 0 spiro atoms. The summed E-state index contributed by atoms with van der Waals surface area (Å²) in [7, 11) is 0. The van der Waals surface area contributed by atoms with Crippen LogP contribution in [0.15, 0.2) is 51.4 Å². The number of carbonyl (C=O) groups is 1. The number of amides is 1. The van der Waals surface area contributed by atoms with E-state index < -0.39 is 0 Å². The van der Waals surface area contributed by atoms with Crippen molar-refractivity contribution in [2.24, 2.45) is 0 Å². The molecule has 0 unspecified atom stereocenters. The Morgan fingerprint density at radius 1 is 1.28 bits per heavy atom. The first kappa shape index (κ1) is 17.7. The number of nitrogens with one attached hydrogen (secondary N) is 1. The summed E-state index contributed by atoms with van der Waals surface area (Å²) in [6, 6.07) is 8.97. The third-order valence-corrected chi connectivity index (χ3v) is 5.73. The van der Waals surface area contributed by atoms with Crippen molar-refractivity contribution in [1.82, 2.24) is 19.7 Å². The lowest BCUT2D eigenvalue weighted by atomic mass is 10.2. The lowest BCUT2D eigenvalue weighted by molar-refractivity contribution is -0.116. The van der Waals surface area contributed by atoms with Gasteiger partial charge in [0.2, 0.25) is 5.91 Å². The maximum Gasteiger partial charge on any atom is 0.270 e. The van der Waals surface area contributed by atoms with Gasteiger partial charge in [0.15, 0.2) is 5.82 Å². The zero-order valence-electron chi connectivity index (χ0n) is 15.4. The molecule has 29 heavy (non-hydrogen) atoms. The van der Waals surface area contributed by atoms with Crippen LogP contribution in [0.3, 0.4) is 0 Å². The lowest BCUT2D eigenvalue weighted by Gasteiger charge is -2.07. The minimum atomic E-state index is -0.202. The van der Waals surface area contributed by atoms with Gasteiger partial charge in [-0.1, -0.05) is 17.3 Å². The molecule has 146 valence electrons. The number of aryl methyl sites for hydroxylation is 1. The van der Waals surface area contributed by atoms with Crippen LogP contribution in [0.25, 0.3) is 21.7 Å². The Kier molecular flexibility index (Phi) is 4.44. The Morgan fingerprint density at radius 3 is 3.00 bits per heavy atom. The summed E-state index contributed by atoms with van der Waals surface area (Å²) >= 11 is 1.43. The number of hydrogen-bond donors (Lipinski definition) is 1. The normalized spacial score (nSPS) is 13.7. The molecular formula is C20H17N5O3S. The fraction of sp³-hybridized carbons (Fsp3) is 0.250. The number of carbonyl (C=O) groups excluding carboxylic acids is 1. The number of anilines is 1. The molecule has 0 saturated heterocycles.